The van der Waals surface area contributed by atoms with Gasteiger partial charge in [0.1, 0.15) is 9.84 Å². The van der Waals surface area contributed by atoms with Crippen molar-refractivity contribution >= 4 is 21.4 Å². The topological polar surface area (TPSA) is 46.2 Å². The third-order valence-corrected chi connectivity index (χ3v) is 5.54. The molecule has 5 heteroatoms. The summed E-state index contributed by atoms with van der Waals surface area (Å²) in [6.07, 6.45) is 1.47. The van der Waals surface area contributed by atoms with Crippen LogP contribution in [-0.2, 0) is 9.84 Å². The van der Waals surface area contributed by atoms with Crippen LogP contribution in [0.5, 0.6) is 0 Å². The maximum atomic E-state index is 11.5. The molecule has 19 heavy (non-hydrogen) atoms. The molecule has 0 bridgehead atoms. The number of sulfone groups is 1. The number of benzene rings is 1. The van der Waals surface area contributed by atoms with E-state index >= 15 is 0 Å². The Morgan fingerprint density at radius 2 is 2.05 bits per heavy atom. The van der Waals surface area contributed by atoms with Crippen LogP contribution in [0.25, 0.3) is 0 Å². The van der Waals surface area contributed by atoms with Crippen LogP contribution in [0.15, 0.2) is 18.2 Å². The number of aryl methyl sites for hydroxylation is 1. The Bertz CT molecular complexity index is 514. The van der Waals surface area contributed by atoms with Crippen LogP contribution in [0.2, 0.25) is 5.02 Å². The van der Waals surface area contributed by atoms with Crippen molar-refractivity contribution in [2.24, 2.45) is 0 Å². The summed E-state index contributed by atoms with van der Waals surface area (Å²) in [7, 11) is -0.978. The lowest BCUT2D eigenvalue weighted by Gasteiger charge is -2.17. The second-order valence-corrected chi connectivity index (χ2v) is 7.61. The molecule has 0 fully saturated rings. The standard InChI is InChI=1S/C14H22ClNO2S/c1-4-19(17,18)9-5-6-14(16-3)12-7-8-13(15)11(2)10-12/h7-8,10,14,16H,4-6,9H2,1-3H3. The van der Waals surface area contributed by atoms with Crippen LogP contribution >= 0.6 is 11.6 Å². The number of rotatable bonds is 7. The summed E-state index contributed by atoms with van der Waals surface area (Å²) < 4.78 is 22.9. The quantitative estimate of drug-likeness (QED) is 0.842. The predicted octanol–water partition coefficient (Wildman–Crippen LogP) is 3.12. The minimum Gasteiger partial charge on any atom is -0.313 e. The first-order valence-electron chi connectivity index (χ1n) is 6.53. The van der Waals surface area contributed by atoms with Gasteiger partial charge >= 0.3 is 0 Å². The lowest BCUT2D eigenvalue weighted by atomic mass is 10.0. The van der Waals surface area contributed by atoms with E-state index in [-0.39, 0.29) is 17.5 Å². The highest BCUT2D eigenvalue weighted by Crippen LogP contribution is 2.23. The molecular formula is C14H22ClNO2S. The molecule has 0 spiro atoms. The van der Waals surface area contributed by atoms with Gasteiger partial charge in [0, 0.05) is 16.8 Å². The molecule has 1 atom stereocenters. The summed E-state index contributed by atoms with van der Waals surface area (Å²) in [5, 5.41) is 3.99. The fourth-order valence-corrected chi connectivity index (χ4v) is 3.03. The van der Waals surface area contributed by atoms with Crippen molar-refractivity contribution in [3.05, 3.63) is 34.3 Å². The fourth-order valence-electron chi connectivity index (χ4n) is 2.01. The predicted molar refractivity (Wildman–Crippen MR) is 81.6 cm³/mol. The van der Waals surface area contributed by atoms with Crippen LogP contribution < -0.4 is 5.32 Å². The van der Waals surface area contributed by atoms with Gasteiger partial charge in [0.25, 0.3) is 0 Å². The molecule has 0 aromatic heterocycles. The van der Waals surface area contributed by atoms with E-state index in [2.05, 4.69) is 11.4 Å². The van der Waals surface area contributed by atoms with Gasteiger partial charge in [-0.15, -0.1) is 0 Å². The Labute approximate surface area is 121 Å². The normalized spacial score (nSPS) is 13.5. The first kappa shape index (κ1) is 16.5. The minimum atomic E-state index is -2.87. The van der Waals surface area contributed by atoms with Crippen molar-refractivity contribution in [3.63, 3.8) is 0 Å². The van der Waals surface area contributed by atoms with E-state index in [1.165, 1.54) is 0 Å². The Balaban J connectivity index is 2.66. The van der Waals surface area contributed by atoms with Crippen molar-refractivity contribution in [1.29, 1.82) is 0 Å². The Hall–Kier alpha value is -0.580. The third kappa shape index (κ3) is 5.13. The molecule has 1 rings (SSSR count). The highest BCUT2D eigenvalue weighted by molar-refractivity contribution is 7.91. The molecule has 0 aliphatic rings. The van der Waals surface area contributed by atoms with Crippen LogP contribution in [0.1, 0.15) is 36.9 Å². The zero-order valence-corrected chi connectivity index (χ0v) is 13.3. The summed E-state index contributed by atoms with van der Waals surface area (Å²) in [6, 6.07) is 6.10. The lowest BCUT2D eigenvalue weighted by Crippen LogP contribution is -2.18. The minimum absolute atomic E-state index is 0.169. The van der Waals surface area contributed by atoms with E-state index < -0.39 is 9.84 Å². The van der Waals surface area contributed by atoms with Crippen LogP contribution in [0.4, 0.5) is 0 Å². The van der Waals surface area contributed by atoms with Gasteiger partial charge in [-0.1, -0.05) is 30.7 Å². The average Bonchev–Trinajstić information content (AvgIpc) is 2.38. The molecule has 0 saturated carbocycles. The fraction of sp³-hybridized carbons (Fsp3) is 0.571. The molecule has 0 aliphatic heterocycles. The molecule has 0 amide bonds. The number of hydrogen-bond acceptors (Lipinski definition) is 3. The molecule has 0 radical (unpaired) electrons. The Morgan fingerprint density at radius 1 is 1.37 bits per heavy atom. The summed E-state index contributed by atoms with van der Waals surface area (Å²) in [6.45, 7) is 3.66. The molecule has 3 nitrogen and oxygen atoms in total. The Kier molecular flexibility index (Phi) is 6.30. The van der Waals surface area contributed by atoms with E-state index in [1.807, 2.05) is 26.1 Å². The molecule has 0 saturated heterocycles. The van der Waals surface area contributed by atoms with Crippen molar-refractivity contribution in [2.75, 3.05) is 18.6 Å². The zero-order chi connectivity index (χ0) is 14.5. The molecule has 1 aromatic rings. The van der Waals surface area contributed by atoms with E-state index in [0.29, 0.717) is 6.42 Å². The number of hydrogen-bond donors (Lipinski definition) is 1. The molecule has 108 valence electrons. The third-order valence-electron chi connectivity index (χ3n) is 3.32. The largest absolute Gasteiger partial charge is 0.313 e. The SMILES string of the molecule is CCS(=O)(=O)CCCC(NC)c1ccc(Cl)c(C)c1. The second kappa shape index (κ2) is 7.27. The molecule has 1 N–H and O–H groups in total. The van der Waals surface area contributed by atoms with Gasteiger partial charge < -0.3 is 5.32 Å². The Morgan fingerprint density at radius 3 is 2.58 bits per heavy atom. The molecule has 0 heterocycles. The molecule has 0 aliphatic carbocycles. The smallest absolute Gasteiger partial charge is 0.150 e. The summed E-state index contributed by atoms with van der Waals surface area (Å²) in [5.41, 5.74) is 2.19. The maximum Gasteiger partial charge on any atom is 0.150 e. The summed E-state index contributed by atoms with van der Waals surface area (Å²) in [4.78, 5) is 0. The van der Waals surface area contributed by atoms with Crippen molar-refractivity contribution < 1.29 is 8.42 Å². The number of nitrogens with one attached hydrogen (secondary N) is 1. The molecule has 1 unspecified atom stereocenters. The van der Waals surface area contributed by atoms with Crippen LogP contribution in [0, 0.1) is 6.92 Å². The highest BCUT2D eigenvalue weighted by atomic mass is 35.5. The van der Waals surface area contributed by atoms with Gasteiger partial charge in [0.2, 0.25) is 0 Å². The second-order valence-electron chi connectivity index (χ2n) is 4.73. The highest BCUT2D eigenvalue weighted by Gasteiger charge is 2.13. The summed E-state index contributed by atoms with van der Waals surface area (Å²) >= 11 is 6.01. The number of halogens is 1. The zero-order valence-electron chi connectivity index (χ0n) is 11.7. The van der Waals surface area contributed by atoms with Crippen molar-refractivity contribution in [3.8, 4) is 0 Å². The van der Waals surface area contributed by atoms with E-state index in [1.54, 1.807) is 6.92 Å². The van der Waals surface area contributed by atoms with Crippen LogP contribution in [0.3, 0.4) is 0 Å². The van der Waals surface area contributed by atoms with Gasteiger partial charge in [-0.25, -0.2) is 8.42 Å². The van der Waals surface area contributed by atoms with Crippen molar-refractivity contribution in [2.45, 2.75) is 32.7 Å². The first-order valence-corrected chi connectivity index (χ1v) is 8.73. The van der Waals surface area contributed by atoms with E-state index in [9.17, 15) is 8.42 Å². The first-order chi connectivity index (χ1) is 8.89. The molecule has 1 aromatic carbocycles. The van der Waals surface area contributed by atoms with Gasteiger partial charge in [-0.05, 0) is 44.0 Å². The average molecular weight is 304 g/mol. The van der Waals surface area contributed by atoms with Gasteiger partial charge in [-0.3, -0.25) is 0 Å². The van der Waals surface area contributed by atoms with Gasteiger partial charge in [-0.2, -0.15) is 0 Å². The van der Waals surface area contributed by atoms with Crippen LogP contribution in [-0.4, -0.2) is 27.0 Å². The lowest BCUT2D eigenvalue weighted by molar-refractivity contribution is 0.535. The van der Waals surface area contributed by atoms with Crippen molar-refractivity contribution in [1.82, 2.24) is 5.32 Å². The van der Waals surface area contributed by atoms with Gasteiger partial charge in [0.05, 0.1) is 5.75 Å². The van der Waals surface area contributed by atoms with Gasteiger partial charge in [0.15, 0.2) is 0 Å². The summed E-state index contributed by atoms with van der Waals surface area (Å²) in [5.74, 6) is 0.478. The monoisotopic (exact) mass is 303 g/mol. The van der Waals surface area contributed by atoms with E-state index in [0.717, 1.165) is 22.6 Å². The maximum absolute atomic E-state index is 11.5. The van der Waals surface area contributed by atoms with E-state index in [4.69, 9.17) is 11.6 Å². The molecular weight excluding hydrogens is 282 g/mol.